The number of nitrogens with zero attached hydrogens (tertiary/aromatic N) is 2. The Morgan fingerprint density at radius 1 is 1.63 bits per heavy atom. The third-order valence-corrected chi connectivity index (χ3v) is 3.83. The van der Waals surface area contributed by atoms with Gasteiger partial charge in [0.15, 0.2) is 0 Å². The first-order valence-electron chi connectivity index (χ1n) is 6.29. The standard InChI is InChI=1S/C12H17N3O3S/c1-2-10(11(16)17)14-12(18)15(8-3-4-8)6-9-5-13-7-19-9/h5,7-8,10H,2-4,6H2,1H3,(H,14,18)(H,16,17)/t10-/m0/s1. The van der Waals surface area contributed by atoms with Crippen molar-refractivity contribution in [2.75, 3.05) is 0 Å². The van der Waals surface area contributed by atoms with Gasteiger partial charge in [0, 0.05) is 17.1 Å². The maximum atomic E-state index is 12.2. The highest BCUT2D eigenvalue weighted by Crippen LogP contribution is 2.29. The maximum Gasteiger partial charge on any atom is 0.326 e. The number of rotatable bonds is 6. The normalized spacial score (nSPS) is 15.8. The largest absolute Gasteiger partial charge is 0.480 e. The molecule has 1 aliphatic rings. The molecule has 1 atom stereocenters. The predicted octanol–water partition coefficient (Wildman–Crippen LogP) is 1.68. The van der Waals surface area contributed by atoms with Crippen molar-refractivity contribution in [2.24, 2.45) is 0 Å². The lowest BCUT2D eigenvalue weighted by Crippen LogP contribution is -2.48. The molecule has 1 heterocycles. The Morgan fingerprint density at radius 2 is 2.37 bits per heavy atom. The number of aromatic nitrogens is 1. The highest BCUT2D eigenvalue weighted by molar-refractivity contribution is 7.09. The average molecular weight is 283 g/mol. The zero-order valence-electron chi connectivity index (χ0n) is 10.7. The van der Waals surface area contributed by atoms with Crippen molar-refractivity contribution in [3.05, 3.63) is 16.6 Å². The van der Waals surface area contributed by atoms with Gasteiger partial charge in [0.2, 0.25) is 0 Å². The van der Waals surface area contributed by atoms with Gasteiger partial charge < -0.3 is 15.3 Å². The molecule has 2 rings (SSSR count). The summed E-state index contributed by atoms with van der Waals surface area (Å²) in [5.41, 5.74) is 1.73. The topological polar surface area (TPSA) is 82.5 Å². The second-order valence-electron chi connectivity index (χ2n) is 4.58. The SMILES string of the molecule is CC[C@H](NC(=O)N(Cc1cncs1)C1CC1)C(=O)O. The van der Waals surface area contributed by atoms with Crippen molar-refractivity contribution in [3.63, 3.8) is 0 Å². The van der Waals surface area contributed by atoms with E-state index in [1.54, 1.807) is 23.5 Å². The van der Waals surface area contributed by atoms with E-state index in [1.807, 2.05) is 0 Å². The Hall–Kier alpha value is -1.63. The number of thiazole rings is 1. The van der Waals surface area contributed by atoms with Crippen molar-refractivity contribution >= 4 is 23.3 Å². The lowest BCUT2D eigenvalue weighted by Gasteiger charge is -2.24. The number of carbonyl (C=O) groups excluding carboxylic acids is 1. The summed E-state index contributed by atoms with van der Waals surface area (Å²) in [7, 11) is 0. The van der Waals surface area contributed by atoms with Gasteiger partial charge in [0.05, 0.1) is 12.1 Å². The van der Waals surface area contributed by atoms with Crippen LogP contribution in [0.25, 0.3) is 0 Å². The number of carboxylic acids is 1. The van der Waals surface area contributed by atoms with Crippen molar-refractivity contribution < 1.29 is 14.7 Å². The van der Waals surface area contributed by atoms with Crippen molar-refractivity contribution in [2.45, 2.75) is 44.8 Å². The Morgan fingerprint density at radius 3 is 2.84 bits per heavy atom. The fourth-order valence-electron chi connectivity index (χ4n) is 1.81. The van der Waals surface area contributed by atoms with Crippen LogP contribution in [-0.2, 0) is 11.3 Å². The zero-order valence-corrected chi connectivity index (χ0v) is 11.5. The fourth-order valence-corrected chi connectivity index (χ4v) is 2.40. The number of amides is 2. The van der Waals surface area contributed by atoms with Gasteiger partial charge in [-0.25, -0.2) is 9.59 Å². The van der Waals surface area contributed by atoms with Gasteiger partial charge in [-0.1, -0.05) is 6.92 Å². The maximum absolute atomic E-state index is 12.2. The average Bonchev–Trinajstić information content (AvgIpc) is 3.09. The molecule has 2 N–H and O–H groups in total. The van der Waals surface area contributed by atoms with Crippen molar-refractivity contribution in [1.82, 2.24) is 15.2 Å². The molecule has 1 aliphatic carbocycles. The van der Waals surface area contributed by atoms with Crippen LogP contribution < -0.4 is 5.32 Å². The van der Waals surface area contributed by atoms with Gasteiger partial charge in [0.1, 0.15) is 6.04 Å². The molecule has 1 aromatic rings. The number of hydrogen-bond donors (Lipinski definition) is 2. The first-order chi connectivity index (χ1) is 9.11. The van der Waals surface area contributed by atoms with E-state index < -0.39 is 12.0 Å². The summed E-state index contributed by atoms with van der Waals surface area (Å²) in [6.07, 6.45) is 4.08. The van der Waals surface area contributed by atoms with Gasteiger partial charge >= 0.3 is 12.0 Å². The van der Waals surface area contributed by atoms with E-state index in [1.165, 1.54) is 11.3 Å². The van der Waals surface area contributed by atoms with Crippen LogP contribution in [-0.4, -0.2) is 39.1 Å². The molecule has 1 saturated carbocycles. The third-order valence-electron chi connectivity index (χ3n) is 3.06. The molecule has 0 bridgehead atoms. The summed E-state index contributed by atoms with van der Waals surface area (Å²) < 4.78 is 0. The van der Waals surface area contributed by atoms with Crippen LogP contribution in [0.3, 0.4) is 0 Å². The molecule has 7 heteroatoms. The van der Waals surface area contributed by atoms with Gasteiger partial charge in [-0.3, -0.25) is 4.98 Å². The molecule has 0 saturated heterocycles. The van der Waals surface area contributed by atoms with Crippen LogP contribution in [0.1, 0.15) is 31.1 Å². The molecule has 0 radical (unpaired) electrons. The lowest BCUT2D eigenvalue weighted by molar-refractivity contribution is -0.139. The molecular formula is C12H17N3O3S. The summed E-state index contributed by atoms with van der Waals surface area (Å²) >= 11 is 1.50. The van der Waals surface area contributed by atoms with Gasteiger partial charge in [-0.05, 0) is 19.3 Å². The minimum atomic E-state index is -0.996. The van der Waals surface area contributed by atoms with Gasteiger partial charge in [0.25, 0.3) is 0 Å². The molecule has 0 spiro atoms. The van der Waals surface area contributed by atoms with Crippen LogP contribution in [0.4, 0.5) is 4.79 Å². The summed E-state index contributed by atoms with van der Waals surface area (Å²) in [4.78, 5) is 29.8. The summed E-state index contributed by atoms with van der Waals surface area (Å²) in [6, 6.07) is -0.895. The Balaban J connectivity index is 1.98. The molecular weight excluding hydrogens is 266 g/mol. The molecule has 1 aromatic heterocycles. The number of aliphatic carboxylic acids is 1. The summed E-state index contributed by atoms with van der Waals surface area (Å²) in [5, 5.41) is 11.5. The summed E-state index contributed by atoms with van der Waals surface area (Å²) in [5.74, 6) is -0.996. The van der Waals surface area contributed by atoms with E-state index in [4.69, 9.17) is 5.11 Å². The van der Waals surface area contributed by atoms with E-state index in [0.29, 0.717) is 13.0 Å². The van der Waals surface area contributed by atoms with Crippen LogP contribution in [0.2, 0.25) is 0 Å². The van der Waals surface area contributed by atoms with Crippen molar-refractivity contribution in [1.29, 1.82) is 0 Å². The highest BCUT2D eigenvalue weighted by atomic mass is 32.1. The summed E-state index contributed by atoms with van der Waals surface area (Å²) in [6.45, 7) is 2.24. The molecule has 1 fully saturated rings. The quantitative estimate of drug-likeness (QED) is 0.832. The number of nitrogens with one attached hydrogen (secondary N) is 1. The van der Waals surface area contributed by atoms with E-state index in [0.717, 1.165) is 17.7 Å². The first kappa shape index (κ1) is 13.8. The molecule has 104 valence electrons. The molecule has 6 nitrogen and oxygen atoms in total. The third kappa shape index (κ3) is 3.66. The van der Waals surface area contributed by atoms with E-state index in [9.17, 15) is 9.59 Å². The Labute approximate surface area is 115 Å². The molecule has 2 amide bonds. The second kappa shape index (κ2) is 6.01. The van der Waals surface area contributed by atoms with E-state index in [-0.39, 0.29) is 12.1 Å². The number of urea groups is 1. The van der Waals surface area contributed by atoms with Gasteiger partial charge in [-0.2, -0.15) is 0 Å². The van der Waals surface area contributed by atoms with E-state index in [2.05, 4.69) is 10.3 Å². The smallest absolute Gasteiger partial charge is 0.326 e. The number of carboxylic acid groups (broad SMARTS) is 1. The second-order valence-corrected chi connectivity index (χ2v) is 5.55. The van der Waals surface area contributed by atoms with E-state index >= 15 is 0 Å². The zero-order chi connectivity index (χ0) is 13.8. The minimum Gasteiger partial charge on any atom is -0.480 e. The fraction of sp³-hybridized carbons (Fsp3) is 0.583. The van der Waals surface area contributed by atoms with Crippen LogP contribution in [0, 0.1) is 0 Å². The first-order valence-corrected chi connectivity index (χ1v) is 7.17. The van der Waals surface area contributed by atoms with Crippen LogP contribution >= 0.6 is 11.3 Å². The van der Waals surface area contributed by atoms with Crippen LogP contribution in [0.5, 0.6) is 0 Å². The Kier molecular flexibility index (Phi) is 4.36. The Bertz CT molecular complexity index is 445. The molecule has 0 aromatic carbocycles. The monoisotopic (exact) mass is 283 g/mol. The number of carbonyl (C=O) groups is 2. The van der Waals surface area contributed by atoms with Crippen LogP contribution in [0.15, 0.2) is 11.7 Å². The highest BCUT2D eigenvalue weighted by Gasteiger charge is 2.34. The molecule has 0 unspecified atom stereocenters. The lowest BCUT2D eigenvalue weighted by atomic mass is 10.2. The van der Waals surface area contributed by atoms with Crippen molar-refractivity contribution in [3.8, 4) is 0 Å². The predicted molar refractivity (Wildman–Crippen MR) is 70.9 cm³/mol. The molecule has 0 aliphatic heterocycles. The van der Waals surface area contributed by atoms with Gasteiger partial charge in [-0.15, -0.1) is 11.3 Å². The molecule has 19 heavy (non-hydrogen) atoms. The minimum absolute atomic E-state index is 0.230. The number of hydrogen-bond acceptors (Lipinski definition) is 4.